The molecule has 0 bridgehead atoms. The van der Waals surface area contributed by atoms with Gasteiger partial charge in [0.05, 0.1) is 25.3 Å². The highest BCUT2D eigenvalue weighted by atomic mass is 16.4. The molecule has 14 heteroatoms. The van der Waals surface area contributed by atoms with Gasteiger partial charge in [-0.2, -0.15) is 0 Å². The highest BCUT2D eigenvalue weighted by Gasteiger charge is 2.38. The minimum atomic E-state index is -1.37. The number of amides is 3. The van der Waals surface area contributed by atoms with Crippen molar-refractivity contribution in [1.29, 1.82) is 0 Å². The summed E-state index contributed by atoms with van der Waals surface area (Å²) in [6.45, 7) is -0.492. The van der Waals surface area contributed by atoms with Gasteiger partial charge in [-0.25, -0.2) is 14.8 Å². The third kappa shape index (κ3) is 6.17. The Labute approximate surface area is 194 Å². The van der Waals surface area contributed by atoms with Crippen molar-refractivity contribution in [2.24, 2.45) is 5.73 Å². The Bertz CT molecular complexity index is 979. The molecule has 4 unspecified atom stereocenters. The Morgan fingerprint density at radius 3 is 2.24 bits per heavy atom. The maximum Gasteiger partial charge on any atom is 0.326 e. The lowest BCUT2D eigenvalue weighted by Crippen LogP contribution is -2.58. The smallest absolute Gasteiger partial charge is 0.326 e. The van der Waals surface area contributed by atoms with E-state index in [4.69, 9.17) is 5.73 Å². The number of aliphatic carboxylic acids is 1. The Morgan fingerprint density at radius 2 is 1.68 bits per heavy atom. The van der Waals surface area contributed by atoms with Crippen LogP contribution in [0.25, 0.3) is 0 Å². The number of nitrogens with zero attached hydrogens (tertiary/aromatic N) is 3. The number of nitrogens with two attached hydrogens (primary N) is 1. The normalized spacial score (nSPS) is 18.2. The van der Waals surface area contributed by atoms with Crippen molar-refractivity contribution >= 4 is 23.7 Å². The first-order valence-electron chi connectivity index (χ1n) is 10.7. The Kier molecular flexibility index (Phi) is 8.32. The maximum absolute atomic E-state index is 13.2. The van der Waals surface area contributed by atoms with Crippen LogP contribution in [0, 0.1) is 0 Å². The molecule has 14 nitrogen and oxygen atoms in total. The standard InChI is InChI=1S/C20H28N8O6/c21-13(4-11-6-22-9-24-11)17(30)27-15(8-29)18(31)26-14(5-12-7-23-10-25-12)19(32)28-3-1-2-16(28)20(33)34/h6-7,9-10,13-16,29H,1-5,8,21H2,(H,22,24)(H,23,25)(H,26,31)(H,27,30)(H,33,34). The van der Waals surface area contributed by atoms with Crippen LogP contribution < -0.4 is 16.4 Å². The fraction of sp³-hybridized carbons (Fsp3) is 0.500. The molecule has 0 radical (unpaired) electrons. The summed E-state index contributed by atoms with van der Waals surface area (Å²) in [6, 6.07) is -4.50. The van der Waals surface area contributed by atoms with Gasteiger partial charge in [0.15, 0.2) is 0 Å². The van der Waals surface area contributed by atoms with E-state index in [1.807, 2.05) is 0 Å². The monoisotopic (exact) mass is 476 g/mol. The molecule has 2 aromatic heterocycles. The lowest BCUT2D eigenvalue weighted by atomic mass is 10.1. The number of rotatable bonds is 11. The first-order chi connectivity index (χ1) is 16.3. The topological polar surface area (TPSA) is 219 Å². The summed E-state index contributed by atoms with van der Waals surface area (Å²) in [5, 5.41) is 24.0. The van der Waals surface area contributed by atoms with E-state index in [1.54, 1.807) is 0 Å². The van der Waals surface area contributed by atoms with Crippen molar-refractivity contribution < 1.29 is 29.4 Å². The lowest BCUT2D eigenvalue weighted by molar-refractivity contribution is -0.149. The molecule has 1 fully saturated rings. The minimum absolute atomic E-state index is 0.0127. The van der Waals surface area contributed by atoms with Gasteiger partial charge in [0, 0.05) is 43.2 Å². The summed E-state index contributed by atoms with van der Waals surface area (Å²) < 4.78 is 0. The molecule has 8 N–H and O–H groups in total. The summed E-state index contributed by atoms with van der Waals surface area (Å²) in [6.07, 6.45) is 6.83. The predicted octanol–water partition coefficient (Wildman–Crippen LogP) is -2.72. The van der Waals surface area contributed by atoms with Gasteiger partial charge in [0.1, 0.15) is 18.1 Å². The maximum atomic E-state index is 13.2. The van der Waals surface area contributed by atoms with Crippen LogP contribution in [0.5, 0.6) is 0 Å². The molecule has 2 aromatic rings. The van der Waals surface area contributed by atoms with Crippen molar-refractivity contribution in [3.8, 4) is 0 Å². The number of aromatic amines is 2. The molecule has 3 rings (SSSR count). The molecule has 184 valence electrons. The highest BCUT2D eigenvalue weighted by molar-refractivity contribution is 5.94. The van der Waals surface area contributed by atoms with Crippen molar-refractivity contribution in [3.63, 3.8) is 0 Å². The number of aliphatic hydroxyl groups is 1. The van der Waals surface area contributed by atoms with E-state index in [0.29, 0.717) is 24.2 Å². The van der Waals surface area contributed by atoms with E-state index >= 15 is 0 Å². The molecular weight excluding hydrogens is 448 g/mol. The van der Waals surface area contributed by atoms with Gasteiger partial charge in [-0.15, -0.1) is 0 Å². The average molecular weight is 476 g/mol. The van der Waals surface area contributed by atoms with Crippen LogP contribution in [-0.4, -0.2) is 96.1 Å². The van der Waals surface area contributed by atoms with E-state index in [1.165, 1.54) is 29.9 Å². The van der Waals surface area contributed by atoms with Crippen LogP contribution in [0.2, 0.25) is 0 Å². The van der Waals surface area contributed by atoms with Crippen molar-refractivity contribution in [3.05, 3.63) is 36.4 Å². The van der Waals surface area contributed by atoms with E-state index in [-0.39, 0.29) is 19.4 Å². The Balaban J connectivity index is 1.68. The van der Waals surface area contributed by atoms with Crippen molar-refractivity contribution in [2.75, 3.05) is 13.2 Å². The van der Waals surface area contributed by atoms with E-state index in [2.05, 4.69) is 30.6 Å². The molecule has 0 saturated carbocycles. The zero-order valence-corrected chi connectivity index (χ0v) is 18.3. The summed E-state index contributed by atoms with van der Waals surface area (Å²) >= 11 is 0. The number of hydrogen-bond acceptors (Lipinski definition) is 8. The number of carbonyl (C=O) groups is 4. The highest BCUT2D eigenvalue weighted by Crippen LogP contribution is 2.19. The Hall–Kier alpha value is -3.78. The molecule has 34 heavy (non-hydrogen) atoms. The minimum Gasteiger partial charge on any atom is -0.480 e. The largest absolute Gasteiger partial charge is 0.480 e. The fourth-order valence-corrected chi connectivity index (χ4v) is 3.77. The number of H-pyrrole nitrogens is 2. The number of carboxylic acid groups (broad SMARTS) is 1. The summed E-state index contributed by atoms with van der Waals surface area (Å²) in [5.74, 6) is -3.18. The van der Waals surface area contributed by atoms with Gasteiger partial charge in [0.2, 0.25) is 17.7 Å². The third-order valence-electron chi connectivity index (χ3n) is 5.56. The van der Waals surface area contributed by atoms with E-state index in [9.17, 15) is 29.4 Å². The molecule has 1 aliphatic rings. The number of likely N-dealkylation sites (tertiary alicyclic amines) is 1. The zero-order chi connectivity index (χ0) is 24.7. The number of nitrogens with one attached hydrogen (secondary N) is 4. The quantitative estimate of drug-likeness (QED) is 0.179. The molecule has 1 aliphatic heterocycles. The third-order valence-corrected chi connectivity index (χ3v) is 5.56. The first-order valence-corrected chi connectivity index (χ1v) is 10.7. The number of imidazole rings is 2. The second-order valence-electron chi connectivity index (χ2n) is 8.00. The van der Waals surface area contributed by atoms with Crippen LogP contribution in [0.4, 0.5) is 0 Å². The number of aromatic nitrogens is 4. The summed E-state index contributed by atoms with van der Waals surface area (Å²) in [5.41, 5.74) is 7.04. The summed E-state index contributed by atoms with van der Waals surface area (Å²) in [7, 11) is 0. The number of hydrogen-bond donors (Lipinski definition) is 7. The van der Waals surface area contributed by atoms with Crippen LogP contribution >= 0.6 is 0 Å². The molecule has 3 heterocycles. The van der Waals surface area contributed by atoms with E-state index in [0.717, 1.165) is 0 Å². The molecule has 0 spiro atoms. The van der Waals surface area contributed by atoms with E-state index < -0.39 is 54.5 Å². The Morgan fingerprint density at radius 1 is 1.06 bits per heavy atom. The molecular formula is C20H28N8O6. The van der Waals surface area contributed by atoms with Gasteiger partial charge >= 0.3 is 5.97 Å². The van der Waals surface area contributed by atoms with Crippen LogP contribution in [0.3, 0.4) is 0 Å². The van der Waals surface area contributed by atoms with Crippen LogP contribution in [0.1, 0.15) is 24.2 Å². The molecule has 1 saturated heterocycles. The van der Waals surface area contributed by atoms with Gasteiger partial charge in [-0.05, 0) is 12.8 Å². The number of aliphatic hydroxyl groups excluding tert-OH is 1. The van der Waals surface area contributed by atoms with Gasteiger partial charge in [-0.1, -0.05) is 0 Å². The van der Waals surface area contributed by atoms with Crippen molar-refractivity contribution in [2.45, 2.75) is 49.9 Å². The SMILES string of the molecule is NC(Cc1cnc[nH]1)C(=O)NC(CO)C(=O)NC(Cc1cnc[nH]1)C(=O)N1CCCC1C(=O)O. The number of carboxylic acids is 1. The zero-order valence-electron chi connectivity index (χ0n) is 18.3. The fourth-order valence-electron chi connectivity index (χ4n) is 3.77. The average Bonchev–Trinajstić information content (AvgIpc) is 3.58. The lowest BCUT2D eigenvalue weighted by Gasteiger charge is -2.28. The predicted molar refractivity (Wildman–Crippen MR) is 116 cm³/mol. The molecule has 0 aromatic carbocycles. The molecule has 3 amide bonds. The second-order valence-corrected chi connectivity index (χ2v) is 8.00. The van der Waals surface area contributed by atoms with Crippen molar-refractivity contribution in [1.82, 2.24) is 35.5 Å². The van der Waals surface area contributed by atoms with Crippen LogP contribution in [0.15, 0.2) is 25.0 Å². The first kappa shape index (κ1) is 24.9. The van der Waals surface area contributed by atoms with Gasteiger partial charge < -0.3 is 41.4 Å². The van der Waals surface area contributed by atoms with Crippen LogP contribution in [-0.2, 0) is 32.0 Å². The molecule has 4 atom stereocenters. The van der Waals surface area contributed by atoms with Gasteiger partial charge in [0.25, 0.3) is 0 Å². The second kappa shape index (κ2) is 11.4. The summed E-state index contributed by atoms with van der Waals surface area (Å²) in [4.78, 5) is 64.6. The molecule has 0 aliphatic carbocycles. The van der Waals surface area contributed by atoms with Gasteiger partial charge in [-0.3, -0.25) is 14.4 Å². The number of carbonyl (C=O) groups excluding carboxylic acids is 3.